The number of ether oxygens (including phenoxy) is 1. The highest BCUT2D eigenvalue weighted by Gasteiger charge is 2.27. The number of carbonyl (C=O) groups is 1. The van der Waals surface area contributed by atoms with E-state index >= 15 is 0 Å². The van der Waals surface area contributed by atoms with Crippen LogP contribution in [0.3, 0.4) is 0 Å². The van der Waals surface area contributed by atoms with Crippen molar-refractivity contribution >= 4 is 5.91 Å². The van der Waals surface area contributed by atoms with Crippen molar-refractivity contribution in [3.8, 4) is 5.75 Å². The molecule has 1 aromatic rings. The highest BCUT2D eigenvalue weighted by atomic mass is 16.5. The number of amides is 1. The van der Waals surface area contributed by atoms with Crippen LogP contribution in [0.25, 0.3) is 0 Å². The molecule has 1 heterocycles. The van der Waals surface area contributed by atoms with Crippen LogP contribution in [0.1, 0.15) is 18.4 Å². The maximum absolute atomic E-state index is 12.0. The van der Waals surface area contributed by atoms with E-state index in [1.54, 1.807) is 4.90 Å². The van der Waals surface area contributed by atoms with Gasteiger partial charge in [-0.3, -0.25) is 4.79 Å². The first-order valence-electron chi connectivity index (χ1n) is 6.56. The summed E-state index contributed by atoms with van der Waals surface area (Å²) in [6.07, 6.45) is 1.82. The molecule has 0 saturated carbocycles. The van der Waals surface area contributed by atoms with Gasteiger partial charge in [-0.1, -0.05) is 12.1 Å². The predicted molar refractivity (Wildman–Crippen MR) is 71.6 cm³/mol. The molecule has 0 aliphatic carbocycles. The second kappa shape index (κ2) is 6.54. The number of hydrogen-bond donors (Lipinski definition) is 2. The molecule has 0 radical (unpaired) electrons. The van der Waals surface area contributed by atoms with E-state index in [0.717, 1.165) is 18.4 Å². The number of rotatable bonds is 5. The lowest BCUT2D eigenvalue weighted by Gasteiger charge is -2.22. The van der Waals surface area contributed by atoms with Gasteiger partial charge in [0.05, 0.1) is 12.6 Å². The summed E-state index contributed by atoms with van der Waals surface area (Å²) in [7, 11) is 0. The molecule has 0 spiro atoms. The van der Waals surface area contributed by atoms with Crippen molar-refractivity contribution in [3.63, 3.8) is 0 Å². The zero-order valence-electron chi connectivity index (χ0n) is 10.9. The molecule has 0 aromatic heterocycles. The molecule has 19 heavy (non-hydrogen) atoms. The third-order valence-electron chi connectivity index (χ3n) is 3.43. The molecule has 1 aliphatic rings. The largest absolute Gasteiger partial charge is 0.484 e. The molecule has 1 aliphatic heterocycles. The fraction of sp³-hybridized carbons (Fsp3) is 0.500. The number of nitrogens with two attached hydrogens (primary N) is 1. The third-order valence-corrected chi connectivity index (χ3v) is 3.43. The lowest BCUT2D eigenvalue weighted by Crippen LogP contribution is -2.40. The van der Waals surface area contributed by atoms with Gasteiger partial charge in [-0.25, -0.2) is 0 Å². The van der Waals surface area contributed by atoms with E-state index in [9.17, 15) is 9.90 Å². The number of hydrogen-bond acceptors (Lipinski definition) is 4. The molecule has 0 bridgehead atoms. The van der Waals surface area contributed by atoms with Gasteiger partial charge >= 0.3 is 0 Å². The van der Waals surface area contributed by atoms with Crippen molar-refractivity contribution in [1.29, 1.82) is 0 Å². The molecular formula is C14H20N2O3. The second-order valence-corrected chi connectivity index (χ2v) is 4.70. The standard InChI is InChI=1S/C14H20N2O3/c15-8-11-3-5-13(6-4-11)19-10-14(18)16-7-1-2-12(16)9-17/h3-6,12,17H,1-2,7-10,15H2/t12-/m0/s1. The molecular weight excluding hydrogens is 244 g/mol. The molecule has 5 heteroatoms. The average molecular weight is 264 g/mol. The van der Waals surface area contributed by atoms with Crippen molar-refractivity contribution < 1.29 is 14.6 Å². The Bertz CT molecular complexity index is 419. The monoisotopic (exact) mass is 264 g/mol. The quantitative estimate of drug-likeness (QED) is 0.812. The van der Waals surface area contributed by atoms with Crippen LogP contribution in [0.15, 0.2) is 24.3 Å². The smallest absolute Gasteiger partial charge is 0.260 e. The predicted octanol–water partition coefficient (Wildman–Crippen LogP) is 0.507. The third kappa shape index (κ3) is 3.45. The number of carbonyl (C=O) groups excluding carboxylic acids is 1. The summed E-state index contributed by atoms with van der Waals surface area (Å²) in [6.45, 7) is 1.24. The van der Waals surface area contributed by atoms with Crippen LogP contribution in [0.5, 0.6) is 5.75 Å². The van der Waals surface area contributed by atoms with Crippen molar-refractivity contribution in [2.75, 3.05) is 19.8 Å². The minimum atomic E-state index is -0.0700. The van der Waals surface area contributed by atoms with Gasteiger partial charge < -0.3 is 20.5 Å². The lowest BCUT2D eigenvalue weighted by atomic mass is 10.2. The lowest BCUT2D eigenvalue weighted by molar-refractivity contribution is -0.134. The second-order valence-electron chi connectivity index (χ2n) is 4.70. The summed E-state index contributed by atoms with van der Waals surface area (Å²) in [6, 6.07) is 7.33. The number of likely N-dealkylation sites (tertiary alicyclic amines) is 1. The van der Waals surface area contributed by atoms with E-state index in [1.807, 2.05) is 24.3 Å². The van der Waals surface area contributed by atoms with E-state index < -0.39 is 0 Å². The molecule has 1 saturated heterocycles. The molecule has 2 rings (SSSR count). The van der Waals surface area contributed by atoms with E-state index in [-0.39, 0.29) is 25.2 Å². The van der Waals surface area contributed by atoms with E-state index in [1.165, 1.54) is 0 Å². The fourth-order valence-electron chi connectivity index (χ4n) is 2.30. The first-order valence-corrected chi connectivity index (χ1v) is 6.56. The maximum atomic E-state index is 12.0. The van der Waals surface area contributed by atoms with E-state index in [2.05, 4.69) is 0 Å². The highest BCUT2D eigenvalue weighted by Crippen LogP contribution is 2.17. The van der Waals surface area contributed by atoms with Gasteiger partial charge in [0.2, 0.25) is 0 Å². The van der Waals surface area contributed by atoms with Crippen LogP contribution in [-0.2, 0) is 11.3 Å². The average Bonchev–Trinajstić information content (AvgIpc) is 2.93. The summed E-state index contributed by atoms with van der Waals surface area (Å²) >= 11 is 0. The van der Waals surface area contributed by atoms with Crippen LogP contribution in [0.2, 0.25) is 0 Å². The molecule has 1 fully saturated rings. The van der Waals surface area contributed by atoms with Crippen molar-refractivity contribution in [2.45, 2.75) is 25.4 Å². The molecule has 1 amide bonds. The fourth-order valence-corrected chi connectivity index (χ4v) is 2.30. The summed E-state index contributed by atoms with van der Waals surface area (Å²) in [5, 5.41) is 9.18. The Morgan fingerprint density at radius 3 is 2.79 bits per heavy atom. The Labute approximate surface area is 113 Å². The SMILES string of the molecule is NCc1ccc(OCC(=O)N2CCC[C@H]2CO)cc1. The van der Waals surface area contributed by atoms with Crippen LogP contribution in [-0.4, -0.2) is 41.7 Å². The van der Waals surface area contributed by atoms with Gasteiger partial charge in [-0.2, -0.15) is 0 Å². The number of aliphatic hydroxyl groups excluding tert-OH is 1. The van der Waals surface area contributed by atoms with Gasteiger partial charge in [-0.05, 0) is 30.5 Å². The minimum Gasteiger partial charge on any atom is -0.484 e. The van der Waals surface area contributed by atoms with Gasteiger partial charge in [0.15, 0.2) is 6.61 Å². The maximum Gasteiger partial charge on any atom is 0.260 e. The molecule has 1 atom stereocenters. The van der Waals surface area contributed by atoms with Crippen LogP contribution >= 0.6 is 0 Å². The zero-order valence-corrected chi connectivity index (χ0v) is 10.9. The van der Waals surface area contributed by atoms with Crippen LogP contribution < -0.4 is 10.5 Å². The van der Waals surface area contributed by atoms with Gasteiger partial charge in [0.25, 0.3) is 5.91 Å². The highest BCUT2D eigenvalue weighted by molar-refractivity contribution is 5.78. The Kier molecular flexibility index (Phi) is 4.76. The van der Waals surface area contributed by atoms with E-state index in [0.29, 0.717) is 18.8 Å². The number of benzene rings is 1. The van der Waals surface area contributed by atoms with Gasteiger partial charge in [-0.15, -0.1) is 0 Å². The Morgan fingerprint density at radius 2 is 2.16 bits per heavy atom. The molecule has 0 unspecified atom stereocenters. The molecule has 3 N–H and O–H groups in total. The van der Waals surface area contributed by atoms with Gasteiger partial charge in [0, 0.05) is 13.1 Å². The first kappa shape index (κ1) is 13.8. The van der Waals surface area contributed by atoms with Crippen molar-refractivity contribution in [1.82, 2.24) is 4.90 Å². The number of aliphatic hydroxyl groups is 1. The van der Waals surface area contributed by atoms with E-state index in [4.69, 9.17) is 10.5 Å². The van der Waals surface area contributed by atoms with Crippen molar-refractivity contribution in [2.24, 2.45) is 5.73 Å². The normalized spacial score (nSPS) is 18.6. The Morgan fingerprint density at radius 1 is 1.42 bits per heavy atom. The molecule has 5 nitrogen and oxygen atoms in total. The Hall–Kier alpha value is -1.59. The van der Waals surface area contributed by atoms with Gasteiger partial charge in [0.1, 0.15) is 5.75 Å². The van der Waals surface area contributed by atoms with Crippen molar-refractivity contribution in [3.05, 3.63) is 29.8 Å². The number of nitrogens with zero attached hydrogens (tertiary/aromatic N) is 1. The molecule has 104 valence electrons. The molecule has 1 aromatic carbocycles. The first-order chi connectivity index (χ1) is 9.24. The minimum absolute atomic E-state index is 0.0124. The summed E-state index contributed by atoms with van der Waals surface area (Å²) in [5.41, 5.74) is 6.54. The Balaban J connectivity index is 1.85. The van der Waals surface area contributed by atoms with Crippen LogP contribution in [0, 0.1) is 0 Å². The zero-order chi connectivity index (χ0) is 13.7. The summed E-state index contributed by atoms with van der Waals surface area (Å²) in [5.74, 6) is 0.588. The topological polar surface area (TPSA) is 75.8 Å². The van der Waals surface area contributed by atoms with Crippen LogP contribution in [0.4, 0.5) is 0 Å². The summed E-state index contributed by atoms with van der Waals surface area (Å²) < 4.78 is 5.46. The summed E-state index contributed by atoms with van der Waals surface area (Å²) in [4.78, 5) is 13.7.